The van der Waals surface area contributed by atoms with Gasteiger partial charge < -0.3 is 10.8 Å². The van der Waals surface area contributed by atoms with Crippen LogP contribution in [-0.2, 0) is 6.42 Å². The van der Waals surface area contributed by atoms with Crippen LogP contribution in [-0.4, -0.2) is 11.7 Å². The maximum Gasteiger partial charge on any atom is 0.0802 e. The molecule has 2 nitrogen and oxygen atoms in total. The highest BCUT2D eigenvalue weighted by molar-refractivity contribution is 5.25. The molecule has 0 bridgehead atoms. The first-order valence-electron chi connectivity index (χ1n) is 7.26. The molecule has 0 aliphatic heterocycles. The molecule has 100 valence electrons. The van der Waals surface area contributed by atoms with Crippen molar-refractivity contribution in [2.24, 2.45) is 11.7 Å². The Morgan fingerprint density at radius 1 is 1.28 bits per heavy atom. The normalized spacial score (nSPS) is 18.1. The largest absolute Gasteiger partial charge is 0.388 e. The number of aryl methyl sites for hydroxylation is 1. The van der Waals surface area contributed by atoms with E-state index in [2.05, 4.69) is 18.2 Å². The van der Waals surface area contributed by atoms with Gasteiger partial charge in [0.1, 0.15) is 0 Å². The van der Waals surface area contributed by atoms with Crippen LogP contribution in [0.3, 0.4) is 0 Å². The smallest absolute Gasteiger partial charge is 0.0802 e. The fourth-order valence-electron chi connectivity index (χ4n) is 2.95. The van der Waals surface area contributed by atoms with Crippen LogP contribution in [0.1, 0.15) is 55.8 Å². The molecular weight excluding hydrogens is 222 g/mol. The number of hydrogen-bond donors (Lipinski definition) is 2. The van der Waals surface area contributed by atoms with Crippen LogP contribution in [0.25, 0.3) is 0 Å². The van der Waals surface area contributed by atoms with Crippen molar-refractivity contribution >= 4 is 0 Å². The van der Waals surface area contributed by atoms with E-state index >= 15 is 0 Å². The molecule has 0 heterocycles. The minimum atomic E-state index is -0.401. The van der Waals surface area contributed by atoms with Gasteiger partial charge in [0.25, 0.3) is 0 Å². The van der Waals surface area contributed by atoms with E-state index in [1.807, 2.05) is 6.07 Å². The van der Waals surface area contributed by atoms with Gasteiger partial charge in [-0.25, -0.2) is 0 Å². The molecule has 1 aliphatic rings. The quantitative estimate of drug-likeness (QED) is 0.811. The van der Waals surface area contributed by atoms with Crippen LogP contribution in [0.5, 0.6) is 0 Å². The van der Waals surface area contributed by atoms with Gasteiger partial charge in [-0.15, -0.1) is 0 Å². The first kappa shape index (κ1) is 13.6. The average Bonchev–Trinajstić information content (AvgIpc) is 2.90. The van der Waals surface area contributed by atoms with Crippen LogP contribution in [0.4, 0.5) is 0 Å². The third-order valence-electron chi connectivity index (χ3n) is 4.09. The fraction of sp³-hybridized carbons (Fsp3) is 0.625. The molecule has 1 fully saturated rings. The molecule has 0 amide bonds. The lowest BCUT2D eigenvalue weighted by atomic mass is 9.96. The van der Waals surface area contributed by atoms with Crippen LogP contribution >= 0.6 is 0 Å². The monoisotopic (exact) mass is 247 g/mol. The summed E-state index contributed by atoms with van der Waals surface area (Å²) < 4.78 is 0. The van der Waals surface area contributed by atoms with E-state index in [4.69, 9.17) is 5.73 Å². The van der Waals surface area contributed by atoms with E-state index in [0.717, 1.165) is 17.9 Å². The molecule has 1 unspecified atom stereocenters. The summed E-state index contributed by atoms with van der Waals surface area (Å²) in [5, 5.41) is 9.94. The lowest BCUT2D eigenvalue weighted by Gasteiger charge is -2.12. The Kier molecular flexibility index (Phi) is 5.21. The van der Waals surface area contributed by atoms with Crippen molar-refractivity contribution in [3.8, 4) is 0 Å². The SMILES string of the molecule is NCCC(O)c1cccc(CCC2CCCC2)c1. The first-order chi connectivity index (χ1) is 8.79. The summed E-state index contributed by atoms with van der Waals surface area (Å²) >= 11 is 0. The summed E-state index contributed by atoms with van der Waals surface area (Å²) in [6.45, 7) is 0.535. The first-order valence-corrected chi connectivity index (χ1v) is 7.26. The maximum absolute atomic E-state index is 9.94. The van der Waals surface area contributed by atoms with Crippen molar-refractivity contribution in [1.29, 1.82) is 0 Å². The predicted octanol–water partition coefficient (Wildman–Crippen LogP) is 3.19. The van der Waals surface area contributed by atoms with Crippen molar-refractivity contribution in [3.05, 3.63) is 35.4 Å². The summed E-state index contributed by atoms with van der Waals surface area (Å²) in [6.07, 6.45) is 8.35. The van der Waals surface area contributed by atoms with Gasteiger partial charge in [-0.05, 0) is 42.9 Å². The molecule has 3 N–H and O–H groups in total. The Labute approximate surface area is 110 Å². The van der Waals surface area contributed by atoms with Crippen LogP contribution in [0, 0.1) is 5.92 Å². The topological polar surface area (TPSA) is 46.2 Å². The van der Waals surface area contributed by atoms with Crippen molar-refractivity contribution in [2.45, 2.75) is 51.0 Å². The Bertz CT molecular complexity index is 358. The second kappa shape index (κ2) is 6.91. The molecule has 1 aromatic rings. The van der Waals surface area contributed by atoms with E-state index < -0.39 is 6.10 Å². The zero-order valence-corrected chi connectivity index (χ0v) is 11.1. The number of aliphatic hydroxyl groups excluding tert-OH is 1. The zero-order valence-electron chi connectivity index (χ0n) is 11.1. The molecule has 1 aliphatic carbocycles. The summed E-state index contributed by atoms with van der Waals surface area (Å²) in [6, 6.07) is 8.38. The molecule has 1 saturated carbocycles. The van der Waals surface area contributed by atoms with E-state index in [0.29, 0.717) is 13.0 Å². The molecular formula is C16H25NO. The molecule has 0 aromatic heterocycles. The van der Waals surface area contributed by atoms with Crippen molar-refractivity contribution in [3.63, 3.8) is 0 Å². The van der Waals surface area contributed by atoms with E-state index in [9.17, 15) is 5.11 Å². The predicted molar refractivity (Wildman–Crippen MR) is 75.4 cm³/mol. The molecule has 2 rings (SSSR count). The standard InChI is InChI=1S/C16H25NO/c17-11-10-16(18)15-7-3-6-14(12-15)9-8-13-4-1-2-5-13/h3,6-7,12-13,16,18H,1-2,4-5,8-11,17H2. The summed E-state index contributed by atoms with van der Waals surface area (Å²) in [5.74, 6) is 0.933. The van der Waals surface area contributed by atoms with Crippen molar-refractivity contribution < 1.29 is 5.11 Å². The van der Waals surface area contributed by atoms with Crippen molar-refractivity contribution in [1.82, 2.24) is 0 Å². The second-order valence-corrected chi connectivity index (χ2v) is 5.53. The van der Waals surface area contributed by atoms with Gasteiger partial charge in [0.2, 0.25) is 0 Å². The molecule has 1 aromatic carbocycles. The minimum absolute atomic E-state index is 0.401. The van der Waals surface area contributed by atoms with Gasteiger partial charge in [0.15, 0.2) is 0 Å². The third kappa shape index (κ3) is 3.82. The van der Waals surface area contributed by atoms with E-state index in [1.165, 1.54) is 37.7 Å². The van der Waals surface area contributed by atoms with Crippen molar-refractivity contribution in [2.75, 3.05) is 6.54 Å². The fourth-order valence-corrected chi connectivity index (χ4v) is 2.95. The molecule has 18 heavy (non-hydrogen) atoms. The molecule has 0 saturated heterocycles. The lowest BCUT2D eigenvalue weighted by Crippen LogP contribution is -2.07. The highest BCUT2D eigenvalue weighted by Crippen LogP contribution is 2.29. The zero-order chi connectivity index (χ0) is 12.8. The summed E-state index contributed by atoms with van der Waals surface area (Å²) in [5.41, 5.74) is 7.86. The molecule has 0 spiro atoms. The highest BCUT2D eigenvalue weighted by Gasteiger charge is 2.14. The molecule has 1 atom stereocenters. The number of hydrogen-bond acceptors (Lipinski definition) is 2. The van der Waals surface area contributed by atoms with Crippen LogP contribution < -0.4 is 5.73 Å². The van der Waals surface area contributed by atoms with Gasteiger partial charge in [0, 0.05) is 0 Å². The average molecular weight is 247 g/mol. The van der Waals surface area contributed by atoms with Gasteiger partial charge in [0.05, 0.1) is 6.10 Å². The third-order valence-corrected chi connectivity index (χ3v) is 4.09. The Morgan fingerprint density at radius 3 is 2.78 bits per heavy atom. The molecule has 0 radical (unpaired) electrons. The summed E-state index contributed by atoms with van der Waals surface area (Å²) in [7, 11) is 0. The van der Waals surface area contributed by atoms with Crippen LogP contribution in [0.2, 0.25) is 0 Å². The number of aliphatic hydroxyl groups is 1. The number of nitrogens with two attached hydrogens (primary N) is 1. The second-order valence-electron chi connectivity index (χ2n) is 5.53. The van der Waals surface area contributed by atoms with E-state index in [1.54, 1.807) is 0 Å². The van der Waals surface area contributed by atoms with E-state index in [-0.39, 0.29) is 0 Å². The lowest BCUT2D eigenvalue weighted by molar-refractivity contribution is 0.170. The van der Waals surface area contributed by atoms with Gasteiger partial charge in [-0.2, -0.15) is 0 Å². The van der Waals surface area contributed by atoms with Crippen LogP contribution in [0.15, 0.2) is 24.3 Å². The number of rotatable bonds is 6. The molecule has 2 heteroatoms. The Balaban J connectivity index is 1.89. The van der Waals surface area contributed by atoms with Gasteiger partial charge in [-0.3, -0.25) is 0 Å². The maximum atomic E-state index is 9.94. The highest BCUT2D eigenvalue weighted by atomic mass is 16.3. The van der Waals surface area contributed by atoms with Gasteiger partial charge >= 0.3 is 0 Å². The minimum Gasteiger partial charge on any atom is -0.388 e. The van der Waals surface area contributed by atoms with Gasteiger partial charge in [-0.1, -0.05) is 49.9 Å². The number of benzene rings is 1. The summed E-state index contributed by atoms with van der Waals surface area (Å²) in [4.78, 5) is 0. The Morgan fingerprint density at radius 2 is 2.06 bits per heavy atom. The Hall–Kier alpha value is -0.860.